The molecule has 0 spiro atoms. The average Bonchev–Trinajstić information content (AvgIpc) is 1.97. The van der Waals surface area contributed by atoms with Gasteiger partial charge in [-0.05, 0) is 6.92 Å². The third-order valence-electron chi connectivity index (χ3n) is 0.848. The first-order valence-corrected chi connectivity index (χ1v) is 5.80. The Morgan fingerprint density at radius 1 is 1.46 bits per heavy atom. The number of hydrogen-bond acceptors (Lipinski definition) is 4. The highest BCUT2D eigenvalue weighted by molar-refractivity contribution is 8.77. The highest BCUT2D eigenvalue weighted by atomic mass is 33.1. The molecule has 0 atom stereocenters. The molecule has 0 aromatic heterocycles. The van der Waals surface area contributed by atoms with Gasteiger partial charge in [0.1, 0.15) is 0 Å². The fourth-order valence-electron chi connectivity index (χ4n) is 0.467. The molecule has 0 unspecified atom stereocenters. The second kappa shape index (κ2) is 6.42. The summed E-state index contributed by atoms with van der Waals surface area (Å²) in [5.74, 6) is -0.346. The van der Waals surface area contributed by atoms with Gasteiger partial charge in [-0.25, -0.2) is 0 Å². The van der Waals surface area contributed by atoms with Gasteiger partial charge in [0.05, 0.1) is 13.0 Å². The van der Waals surface area contributed by atoms with Crippen LogP contribution in [0.3, 0.4) is 0 Å². The van der Waals surface area contributed by atoms with E-state index in [1.54, 1.807) is 6.92 Å². The molecule has 0 aromatic carbocycles. The van der Waals surface area contributed by atoms with E-state index >= 15 is 0 Å². The molecule has 0 aliphatic heterocycles. The van der Waals surface area contributed by atoms with Gasteiger partial charge in [-0.3, -0.25) is 4.79 Å². The Hall–Kier alpha value is -0.0400. The van der Waals surface area contributed by atoms with Crippen molar-refractivity contribution in [2.45, 2.75) is 18.9 Å². The van der Waals surface area contributed by atoms with Crippen LogP contribution in [0.1, 0.15) is 13.3 Å². The molecule has 7 heteroatoms. The lowest BCUT2D eigenvalue weighted by Gasteiger charge is -2.03. The predicted molar refractivity (Wildman–Crippen MR) is 47.4 cm³/mol. The standard InChI is InChI=1S/C6H9F3O2S2/c1-2-11-5(10)3-4-12-13-6(7,8)9/h2-4H2,1H3. The lowest BCUT2D eigenvalue weighted by atomic mass is 10.5. The molecular formula is C6H9F3O2S2. The van der Waals surface area contributed by atoms with Crippen LogP contribution in [0, 0.1) is 0 Å². The summed E-state index contributed by atoms with van der Waals surface area (Å²) in [4.78, 5) is 10.6. The number of hydrogen-bond donors (Lipinski definition) is 0. The van der Waals surface area contributed by atoms with E-state index in [-0.39, 0.29) is 29.6 Å². The van der Waals surface area contributed by atoms with Gasteiger partial charge in [-0.15, -0.1) is 0 Å². The molecular weight excluding hydrogens is 225 g/mol. The number of alkyl halides is 3. The van der Waals surface area contributed by atoms with Crippen LogP contribution in [0.4, 0.5) is 13.2 Å². The van der Waals surface area contributed by atoms with E-state index in [1.165, 1.54) is 0 Å². The Kier molecular flexibility index (Phi) is 6.40. The first-order chi connectivity index (χ1) is 5.95. The first-order valence-electron chi connectivity index (χ1n) is 3.48. The second-order valence-corrected chi connectivity index (χ2v) is 4.39. The van der Waals surface area contributed by atoms with Crippen molar-refractivity contribution >= 4 is 27.6 Å². The maximum absolute atomic E-state index is 11.6. The highest BCUT2D eigenvalue weighted by Gasteiger charge is 2.28. The van der Waals surface area contributed by atoms with Crippen molar-refractivity contribution in [3.8, 4) is 0 Å². The van der Waals surface area contributed by atoms with E-state index in [9.17, 15) is 18.0 Å². The molecule has 0 heterocycles. The lowest BCUT2D eigenvalue weighted by Crippen LogP contribution is -2.05. The van der Waals surface area contributed by atoms with E-state index in [0.29, 0.717) is 10.8 Å². The molecule has 2 nitrogen and oxygen atoms in total. The minimum Gasteiger partial charge on any atom is -0.466 e. The molecule has 0 saturated heterocycles. The molecule has 0 N–H and O–H groups in total. The van der Waals surface area contributed by atoms with Gasteiger partial charge in [-0.2, -0.15) is 13.2 Å². The van der Waals surface area contributed by atoms with Crippen molar-refractivity contribution in [1.82, 2.24) is 0 Å². The van der Waals surface area contributed by atoms with Crippen LogP contribution >= 0.6 is 21.6 Å². The largest absolute Gasteiger partial charge is 0.466 e. The second-order valence-electron chi connectivity index (χ2n) is 1.91. The minimum atomic E-state index is -4.24. The van der Waals surface area contributed by atoms with Crippen LogP contribution in [0.2, 0.25) is 0 Å². The van der Waals surface area contributed by atoms with Crippen molar-refractivity contribution in [3.63, 3.8) is 0 Å². The van der Waals surface area contributed by atoms with Crippen molar-refractivity contribution in [2.75, 3.05) is 12.4 Å². The normalized spacial score (nSPS) is 11.4. The lowest BCUT2D eigenvalue weighted by molar-refractivity contribution is -0.142. The third-order valence-corrected chi connectivity index (χ3v) is 2.95. The summed E-state index contributed by atoms with van der Waals surface area (Å²) < 4.78 is 39.2. The van der Waals surface area contributed by atoms with Gasteiger partial charge in [0, 0.05) is 16.5 Å². The van der Waals surface area contributed by atoms with Gasteiger partial charge < -0.3 is 4.74 Å². The smallest absolute Gasteiger partial charge is 0.452 e. The maximum Gasteiger partial charge on any atom is 0.452 e. The quantitative estimate of drug-likeness (QED) is 0.415. The fraction of sp³-hybridized carbons (Fsp3) is 0.833. The number of ether oxygens (including phenoxy) is 1. The van der Waals surface area contributed by atoms with Gasteiger partial charge in [0.2, 0.25) is 0 Å². The molecule has 13 heavy (non-hydrogen) atoms. The van der Waals surface area contributed by atoms with Crippen molar-refractivity contribution in [3.05, 3.63) is 0 Å². The van der Waals surface area contributed by atoms with Crippen molar-refractivity contribution in [2.24, 2.45) is 0 Å². The number of carbonyl (C=O) groups is 1. The summed E-state index contributed by atoms with van der Waals surface area (Å²) in [6.45, 7) is 1.91. The summed E-state index contributed by atoms with van der Waals surface area (Å²) in [5.41, 5.74) is -4.24. The molecule has 0 saturated carbocycles. The monoisotopic (exact) mass is 234 g/mol. The molecule has 0 aliphatic carbocycles. The molecule has 0 radical (unpaired) electrons. The van der Waals surface area contributed by atoms with E-state index in [1.807, 2.05) is 0 Å². The minimum absolute atomic E-state index is 0.0155. The average molecular weight is 234 g/mol. The van der Waals surface area contributed by atoms with Gasteiger partial charge in [-0.1, -0.05) is 10.8 Å². The Balaban J connectivity index is 3.31. The summed E-state index contributed by atoms with van der Waals surface area (Å²) in [7, 11) is 0.408. The Morgan fingerprint density at radius 2 is 2.08 bits per heavy atom. The maximum atomic E-state index is 11.6. The number of esters is 1. The van der Waals surface area contributed by atoms with Crippen LogP contribution in [0.5, 0.6) is 0 Å². The van der Waals surface area contributed by atoms with Crippen LogP contribution < -0.4 is 0 Å². The zero-order valence-electron chi connectivity index (χ0n) is 6.89. The fourth-order valence-corrected chi connectivity index (χ4v) is 1.83. The number of rotatable bonds is 5. The van der Waals surface area contributed by atoms with Gasteiger partial charge in [0.15, 0.2) is 0 Å². The van der Waals surface area contributed by atoms with E-state index in [2.05, 4.69) is 4.74 Å². The number of halogens is 3. The van der Waals surface area contributed by atoms with Crippen LogP contribution in [0.25, 0.3) is 0 Å². The summed E-state index contributed by atoms with van der Waals surface area (Å²) in [5, 5.41) is 0. The Bertz CT molecular complexity index is 160. The zero-order valence-corrected chi connectivity index (χ0v) is 8.52. The first kappa shape index (κ1) is 13.0. The SMILES string of the molecule is CCOC(=O)CCSSC(F)(F)F. The topological polar surface area (TPSA) is 26.3 Å². The molecule has 0 fully saturated rings. The number of carbonyl (C=O) groups excluding carboxylic acids is 1. The summed E-state index contributed by atoms with van der Waals surface area (Å²) in [6.07, 6.45) is 0.0155. The molecule has 0 aromatic rings. The molecule has 0 aliphatic rings. The van der Waals surface area contributed by atoms with Crippen LogP contribution in [0.15, 0.2) is 0 Å². The van der Waals surface area contributed by atoms with Crippen molar-refractivity contribution in [1.29, 1.82) is 0 Å². The molecule has 0 bridgehead atoms. The van der Waals surface area contributed by atoms with Gasteiger partial charge >= 0.3 is 11.5 Å². The molecule has 78 valence electrons. The highest BCUT2D eigenvalue weighted by Crippen LogP contribution is 2.39. The van der Waals surface area contributed by atoms with E-state index in [0.717, 1.165) is 0 Å². The zero-order chi connectivity index (χ0) is 10.3. The Morgan fingerprint density at radius 3 is 2.54 bits per heavy atom. The van der Waals surface area contributed by atoms with E-state index < -0.39 is 11.5 Å². The Labute approximate surface area is 82.0 Å². The summed E-state index contributed by atoms with van der Waals surface area (Å²) in [6, 6.07) is 0. The van der Waals surface area contributed by atoms with E-state index in [4.69, 9.17) is 0 Å². The predicted octanol–water partition coefficient (Wildman–Crippen LogP) is 2.84. The van der Waals surface area contributed by atoms with Gasteiger partial charge in [0.25, 0.3) is 0 Å². The van der Waals surface area contributed by atoms with Crippen LogP contribution in [-0.4, -0.2) is 23.8 Å². The van der Waals surface area contributed by atoms with Crippen LogP contribution in [-0.2, 0) is 9.53 Å². The third kappa shape index (κ3) is 9.88. The van der Waals surface area contributed by atoms with Crippen molar-refractivity contribution < 1.29 is 22.7 Å². The summed E-state index contributed by atoms with van der Waals surface area (Å²) >= 11 is 0. The molecule has 0 amide bonds. The molecule has 0 rings (SSSR count).